The number of nitrogens with one attached hydrogen (secondary N) is 1. The Bertz CT molecular complexity index is 1340. The van der Waals surface area contributed by atoms with Gasteiger partial charge in [-0.1, -0.05) is 55.5 Å². The van der Waals surface area contributed by atoms with Crippen LogP contribution < -0.4 is 0 Å². The van der Waals surface area contributed by atoms with Crippen molar-refractivity contribution in [3.8, 4) is 22.6 Å². The average Bonchev–Trinajstić information content (AvgIpc) is 3.39. The number of thiophene rings is 1. The topological polar surface area (TPSA) is 90.0 Å². The summed E-state index contributed by atoms with van der Waals surface area (Å²) in [6.45, 7) is 5.61. The molecular formula is C28H28N4O2SY-2. The van der Waals surface area contributed by atoms with Crippen molar-refractivity contribution >= 4 is 23.0 Å². The molecule has 0 fully saturated rings. The van der Waals surface area contributed by atoms with E-state index in [1.807, 2.05) is 35.7 Å². The molecule has 4 aromatic rings. The van der Waals surface area contributed by atoms with Crippen LogP contribution in [0.3, 0.4) is 0 Å². The van der Waals surface area contributed by atoms with Gasteiger partial charge in [-0.3, -0.25) is 0 Å². The van der Waals surface area contributed by atoms with Crippen LogP contribution >= 0.6 is 11.3 Å². The first-order valence-corrected chi connectivity index (χ1v) is 12.4. The zero-order valence-corrected chi connectivity index (χ0v) is 24.4. The van der Waals surface area contributed by atoms with E-state index >= 15 is 0 Å². The van der Waals surface area contributed by atoms with Crippen molar-refractivity contribution in [2.75, 3.05) is 13.7 Å². The minimum Gasteiger partial charge on any atom is -0.699 e. The first kappa shape index (κ1) is 28.1. The fourth-order valence-corrected chi connectivity index (χ4v) is 4.72. The second-order valence-electron chi connectivity index (χ2n) is 8.24. The molecule has 1 N–H and O–H groups in total. The number of nitrogens with zero attached hydrogens (tertiary/aromatic N) is 3. The maximum absolute atomic E-state index is 11.8. The van der Waals surface area contributed by atoms with Gasteiger partial charge in [-0.15, -0.1) is 30.1 Å². The van der Waals surface area contributed by atoms with Gasteiger partial charge in [0.15, 0.2) is 5.82 Å². The van der Waals surface area contributed by atoms with Gasteiger partial charge in [0.2, 0.25) is 0 Å². The SMILES string of the molecule is CCc1cccc([NH-])c1.COC(=O)c1cc(-c2nc3c(c(-c4ccccc4C)n2)C[N-]CC3)cs1.[Y]. The zero-order valence-electron chi connectivity index (χ0n) is 20.7. The Morgan fingerprint density at radius 2 is 1.94 bits per heavy atom. The molecule has 0 bridgehead atoms. The Labute approximate surface area is 241 Å². The Balaban J connectivity index is 0.000000307. The number of carbonyl (C=O) groups excluding carboxylic acids is 1. The fraction of sp³-hybridized carbons (Fsp3) is 0.250. The van der Waals surface area contributed by atoms with E-state index in [1.165, 1.54) is 29.6 Å². The summed E-state index contributed by atoms with van der Waals surface area (Å²) in [5, 5.41) is 6.44. The molecule has 1 aliphatic rings. The van der Waals surface area contributed by atoms with Crippen molar-refractivity contribution in [2.24, 2.45) is 0 Å². The van der Waals surface area contributed by atoms with Gasteiger partial charge in [0, 0.05) is 54.9 Å². The largest absolute Gasteiger partial charge is 0.699 e. The molecule has 0 spiro atoms. The number of fused-ring (bicyclic) bond motifs is 1. The summed E-state index contributed by atoms with van der Waals surface area (Å²) in [5.41, 5.74) is 15.3. The number of hydrogen-bond donors (Lipinski definition) is 0. The molecule has 0 unspecified atom stereocenters. The molecule has 1 aliphatic heterocycles. The summed E-state index contributed by atoms with van der Waals surface area (Å²) < 4.78 is 4.80. The average molecular weight is 574 g/mol. The molecule has 2 aromatic heterocycles. The summed E-state index contributed by atoms with van der Waals surface area (Å²) >= 11 is 1.35. The van der Waals surface area contributed by atoms with Gasteiger partial charge in [-0.05, 0) is 42.5 Å². The minimum atomic E-state index is -0.336. The van der Waals surface area contributed by atoms with E-state index in [9.17, 15) is 4.79 Å². The first-order chi connectivity index (χ1) is 17.0. The third-order valence-corrected chi connectivity index (χ3v) is 6.76. The van der Waals surface area contributed by atoms with Crippen molar-refractivity contribution in [3.63, 3.8) is 0 Å². The number of aromatic nitrogens is 2. The number of esters is 1. The van der Waals surface area contributed by atoms with Crippen LogP contribution in [-0.2, 0) is 56.8 Å². The first-order valence-electron chi connectivity index (χ1n) is 11.6. The van der Waals surface area contributed by atoms with Crippen LogP contribution in [0.5, 0.6) is 0 Å². The monoisotopic (exact) mass is 573 g/mol. The predicted octanol–water partition coefficient (Wildman–Crippen LogP) is 7.33. The van der Waals surface area contributed by atoms with Crippen LogP contribution in [0, 0.1) is 6.92 Å². The Kier molecular flexibility index (Phi) is 10.3. The molecule has 0 saturated carbocycles. The summed E-state index contributed by atoms with van der Waals surface area (Å²) in [6, 6.07) is 17.7. The van der Waals surface area contributed by atoms with Gasteiger partial charge in [-0.2, -0.15) is 0 Å². The maximum atomic E-state index is 11.8. The van der Waals surface area contributed by atoms with Crippen molar-refractivity contribution in [1.29, 1.82) is 0 Å². The second kappa shape index (κ2) is 13.2. The number of ether oxygens (including phenoxy) is 1. The van der Waals surface area contributed by atoms with E-state index in [2.05, 4.69) is 31.3 Å². The zero-order chi connectivity index (χ0) is 24.8. The fourth-order valence-electron chi connectivity index (χ4n) is 3.92. The standard InChI is InChI=1S/C20H18N3O2S.C8H10N.Y/c1-12-5-3-4-6-14(12)18-15-10-21-8-7-16(15)22-19(23-18)13-9-17(26-11-13)20(24)25-2;1-2-7-4-3-5-8(9)6-7;/h3-6,9,11H,7-8,10H2,1-2H3;3-6,9H,2H2,1H3;/q2*-1;. The van der Waals surface area contributed by atoms with Crippen LogP contribution in [-0.4, -0.2) is 29.6 Å². The molecule has 183 valence electrons. The van der Waals surface area contributed by atoms with Crippen molar-refractivity contribution in [2.45, 2.75) is 33.2 Å². The number of carbonyl (C=O) groups is 1. The second-order valence-corrected chi connectivity index (χ2v) is 9.15. The number of methoxy groups -OCH3 is 1. The molecule has 5 rings (SSSR count). The van der Waals surface area contributed by atoms with E-state index < -0.39 is 0 Å². The molecule has 0 saturated heterocycles. The molecule has 6 nitrogen and oxygen atoms in total. The number of hydrogen-bond acceptors (Lipinski definition) is 5. The Morgan fingerprint density at radius 3 is 2.64 bits per heavy atom. The number of aryl methyl sites for hydroxylation is 2. The van der Waals surface area contributed by atoms with E-state index in [0.717, 1.165) is 47.5 Å². The van der Waals surface area contributed by atoms with Crippen LogP contribution in [0.1, 0.15) is 39.0 Å². The molecule has 0 atom stereocenters. The van der Waals surface area contributed by atoms with E-state index in [4.69, 9.17) is 20.4 Å². The smallest absolute Gasteiger partial charge is 0.348 e. The summed E-state index contributed by atoms with van der Waals surface area (Å²) in [5.74, 6) is 0.312. The predicted molar refractivity (Wildman–Crippen MR) is 142 cm³/mol. The van der Waals surface area contributed by atoms with E-state index in [-0.39, 0.29) is 38.7 Å². The summed E-state index contributed by atoms with van der Waals surface area (Å²) in [4.78, 5) is 22.0. The van der Waals surface area contributed by atoms with Gasteiger partial charge in [-0.25, -0.2) is 14.8 Å². The Hall–Kier alpha value is -2.45. The molecule has 2 aromatic carbocycles. The van der Waals surface area contributed by atoms with Gasteiger partial charge in [0.05, 0.1) is 12.8 Å². The van der Waals surface area contributed by atoms with Gasteiger partial charge < -0.3 is 15.8 Å². The van der Waals surface area contributed by atoms with Gasteiger partial charge in [0.1, 0.15) is 4.88 Å². The van der Waals surface area contributed by atoms with Gasteiger partial charge >= 0.3 is 5.97 Å². The van der Waals surface area contributed by atoms with E-state index in [0.29, 0.717) is 22.9 Å². The third-order valence-electron chi connectivity index (χ3n) is 5.85. The molecule has 1 radical (unpaired) electrons. The Morgan fingerprint density at radius 1 is 1.14 bits per heavy atom. The van der Waals surface area contributed by atoms with E-state index in [1.54, 1.807) is 12.1 Å². The van der Waals surface area contributed by atoms with Crippen LogP contribution in [0.4, 0.5) is 5.69 Å². The van der Waals surface area contributed by atoms with Crippen LogP contribution in [0.2, 0.25) is 0 Å². The van der Waals surface area contributed by atoms with Crippen LogP contribution in [0.25, 0.3) is 33.7 Å². The van der Waals surface area contributed by atoms with Crippen molar-refractivity contribution < 1.29 is 42.2 Å². The van der Waals surface area contributed by atoms with Crippen molar-refractivity contribution in [1.82, 2.24) is 9.97 Å². The van der Waals surface area contributed by atoms with Gasteiger partial charge in [0.25, 0.3) is 0 Å². The molecule has 36 heavy (non-hydrogen) atoms. The maximum Gasteiger partial charge on any atom is 0.348 e. The number of benzene rings is 2. The molecule has 3 heterocycles. The summed E-state index contributed by atoms with van der Waals surface area (Å²) in [6.07, 6.45) is 1.84. The minimum absolute atomic E-state index is 0. The van der Waals surface area contributed by atoms with Crippen molar-refractivity contribution in [3.05, 3.63) is 98.3 Å². The third kappa shape index (κ3) is 6.65. The summed E-state index contributed by atoms with van der Waals surface area (Å²) in [7, 11) is 1.39. The van der Waals surface area contributed by atoms with Crippen LogP contribution in [0.15, 0.2) is 60.0 Å². The normalized spacial score (nSPS) is 12.0. The molecule has 0 aliphatic carbocycles. The molecule has 0 amide bonds. The number of rotatable bonds is 4. The molecule has 8 heteroatoms. The quantitative estimate of drug-likeness (QED) is 0.239. The molecular weight excluding hydrogens is 545 g/mol.